The molecular formula is C22H27BrN2O2. The van der Waals surface area contributed by atoms with Crippen LogP contribution in [0.1, 0.15) is 37.5 Å². The Kier molecular flexibility index (Phi) is 7.60. The molecule has 2 aromatic rings. The van der Waals surface area contributed by atoms with Gasteiger partial charge < -0.3 is 10.2 Å². The molecule has 0 aliphatic heterocycles. The molecule has 0 spiro atoms. The summed E-state index contributed by atoms with van der Waals surface area (Å²) in [4.78, 5) is 27.3. The number of hydrogen-bond acceptors (Lipinski definition) is 2. The Hall–Kier alpha value is -2.14. The molecule has 2 amide bonds. The number of amides is 2. The molecule has 0 bridgehead atoms. The lowest BCUT2D eigenvalue weighted by atomic mass is 10.1. The van der Waals surface area contributed by atoms with Gasteiger partial charge in [-0.3, -0.25) is 9.59 Å². The summed E-state index contributed by atoms with van der Waals surface area (Å²) in [5.74, 6) is -0.204. The molecule has 0 saturated carbocycles. The third-order valence-electron chi connectivity index (χ3n) is 4.28. The van der Waals surface area contributed by atoms with Crippen molar-refractivity contribution in [1.82, 2.24) is 10.2 Å². The van der Waals surface area contributed by atoms with Crippen LogP contribution in [0.2, 0.25) is 0 Å². The van der Waals surface area contributed by atoms with Gasteiger partial charge in [0.2, 0.25) is 11.8 Å². The van der Waals surface area contributed by atoms with Crippen molar-refractivity contribution in [2.24, 2.45) is 0 Å². The highest BCUT2D eigenvalue weighted by Gasteiger charge is 2.26. The topological polar surface area (TPSA) is 49.4 Å². The van der Waals surface area contributed by atoms with E-state index >= 15 is 0 Å². The fourth-order valence-corrected chi connectivity index (χ4v) is 3.36. The van der Waals surface area contributed by atoms with E-state index in [4.69, 9.17) is 0 Å². The summed E-state index contributed by atoms with van der Waals surface area (Å²) in [6.45, 7) is 8.00. The third kappa shape index (κ3) is 6.51. The van der Waals surface area contributed by atoms with Gasteiger partial charge in [-0.15, -0.1) is 0 Å². The number of carbonyl (C=O) groups is 2. The molecule has 0 aliphatic rings. The average molecular weight is 431 g/mol. The van der Waals surface area contributed by atoms with Gasteiger partial charge >= 0.3 is 0 Å². The molecule has 0 radical (unpaired) electrons. The van der Waals surface area contributed by atoms with Crippen LogP contribution in [0.4, 0.5) is 0 Å². The van der Waals surface area contributed by atoms with Gasteiger partial charge in [0, 0.05) is 17.1 Å². The second-order valence-corrected chi connectivity index (χ2v) is 8.07. The first-order chi connectivity index (χ1) is 12.8. The van der Waals surface area contributed by atoms with Gasteiger partial charge in [-0.2, -0.15) is 0 Å². The summed E-state index contributed by atoms with van der Waals surface area (Å²) in [5.41, 5.74) is 3.05. The fourth-order valence-electron chi connectivity index (χ4n) is 2.92. The van der Waals surface area contributed by atoms with E-state index in [1.54, 1.807) is 11.8 Å². The van der Waals surface area contributed by atoms with E-state index in [0.29, 0.717) is 6.54 Å². The van der Waals surface area contributed by atoms with Crippen molar-refractivity contribution < 1.29 is 9.59 Å². The van der Waals surface area contributed by atoms with Gasteiger partial charge in [0.1, 0.15) is 6.04 Å². The number of nitrogens with zero attached hydrogens (tertiary/aromatic N) is 1. The first-order valence-corrected chi connectivity index (χ1v) is 9.95. The Morgan fingerprint density at radius 3 is 2.33 bits per heavy atom. The van der Waals surface area contributed by atoms with E-state index in [-0.39, 0.29) is 24.3 Å². The first-order valence-electron chi connectivity index (χ1n) is 9.16. The normalized spacial score (nSPS) is 11.9. The molecule has 4 nitrogen and oxygen atoms in total. The van der Waals surface area contributed by atoms with Gasteiger partial charge in [0.15, 0.2) is 0 Å². The minimum atomic E-state index is -0.552. The summed E-state index contributed by atoms with van der Waals surface area (Å²) in [6.07, 6.45) is 0.273. The predicted molar refractivity (Wildman–Crippen MR) is 112 cm³/mol. The van der Waals surface area contributed by atoms with Crippen molar-refractivity contribution >= 4 is 27.7 Å². The zero-order valence-corrected chi connectivity index (χ0v) is 17.9. The third-order valence-corrected chi connectivity index (χ3v) is 4.77. The molecule has 144 valence electrons. The van der Waals surface area contributed by atoms with Crippen molar-refractivity contribution in [2.75, 3.05) is 0 Å². The lowest BCUT2D eigenvalue weighted by Crippen LogP contribution is -2.49. The van der Waals surface area contributed by atoms with Crippen LogP contribution in [-0.4, -0.2) is 28.8 Å². The Labute approximate surface area is 170 Å². The van der Waals surface area contributed by atoms with E-state index in [2.05, 4.69) is 21.2 Å². The summed E-state index contributed by atoms with van der Waals surface area (Å²) < 4.78 is 0.949. The number of nitrogens with one attached hydrogen (secondary N) is 1. The molecule has 0 aliphatic carbocycles. The molecule has 5 heteroatoms. The standard InChI is InChI=1S/C22H27BrN2O2/c1-15(2)24-22(27)17(4)25(14-19-9-6-10-20(23)12-19)21(26)13-18-8-5-7-16(3)11-18/h5-12,15,17H,13-14H2,1-4H3,(H,24,27)/t17-/m0/s1. The highest BCUT2D eigenvalue weighted by molar-refractivity contribution is 9.10. The fraction of sp³-hybridized carbons (Fsp3) is 0.364. The molecule has 0 heterocycles. The van der Waals surface area contributed by atoms with Gasteiger partial charge in [0.05, 0.1) is 6.42 Å². The molecule has 2 aromatic carbocycles. The molecule has 1 N–H and O–H groups in total. The van der Waals surface area contributed by atoms with Crippen LogP contribution >= 0.6 is 15.9 Å². The lowest BCUT2D eigenvalue weighted by Gasteiger charge is -2.29. The van der Waals surface area contributed by atoms with E-state index in [1.807, 2.05) is 69.3 Å². The van der Waals surface area contributed by atoms with Crippen molar-refractivity contribution in [2.45, 2.75) is 52.7 Å². The van der Waals surface area contributed by atoms with Crippen LogP contribution < -0.4 is 5.32 Å². The molecule has 27 heavy (non-hydrogen) atoms. The van der Waals surface area contributed by atoms with E-state index in [1.165, 1.54) is 0 Å². The Morgan fingerprint density at radius 1 is 1.04 bits per heavy atom. The molecule has 0 saturated heterocycles. The first kappa shape index (κ1) is 21.2. The second-order valence-electron chi connectivity index (χ2n) is 7.16. The van der Waals surface area contributed by atoms with Gasteiger partial charge in [-0.1, -0.05) is 57.9 Å². The number of halogens is 1. The highest BCUT2D eigenvalue weighted by Crippen LogP contribution is 2.17. The summed E-state index contributed by atoms with van der Waals surface area (Å²) in [6, 6.07) is 15.2. The smallest absolute Gasteiger partial charge is 0.242 e. The summed E-state index contributed by atoms with van der Waals surface area (Å²) in [7, 11) is 0. The lowest BCUT2D eigenvalue weighted by molar-refractivity contribution is -0.140. The quantitative estimate of drug-likeness (QED) is 0.713. The number of benzene rings is 2. The Bertz CT molecular complexity index is 804. The maximum Gasteiger partial charge on any atom is 0.242 e. The van der Waals surface area contributed by atoms with Gasteiger partial charge in [0.25, 0.3) is 0 Å². The SMILES string of the molecule is Cc1cccc(CC(=O)N(Cc2cccc(Br)c2)[C@@H](C)C(=O)NC(C)C)c1. The Morgan fingerprint density at radius 2 is 1.70 bits per heavy atom. The monoisotopic (exact) mass is 430 g/mol. The zero-order valence-electron chi connectivity index (χ0n) is 16.3. The highest BCUT2D eigenvalue weighted by atomic mass is 79.9. The van der Waals surface area contributed by atoms with Crippen molar-refractivity contribution in [3.8, 4) is 0 Å². The number of hydrogen-bond donors (Lipinski definition) is 1. The second kappa shape index (κ2) is 9.70. The minimum absolute atomic E-state index is 0.0274. The van der Waals surface area contributed by atoms with E-state index in [9.17, 15) is 9.59 Å². The molecule has 2 rings (SSSR count). The maximum atomic E-state index is 13.1. The molecule has 0 unspecified atom stereocenters. The average Bonchev–Trinajstić information content (AvgIpc) is 2.58. The minimum Gasteiger partial charge on any atom is -0.352 e. The van der Waals surface area contributed by atoms with Crippen LogP contribution in [0.15, 0.2) is 53.0 Å². The Balaban J connectivity index is 2.24. The van der Waals surface area contributed by atoms with Crippen LogP contribution in [-0.2, 0) is 22.6 Å². The van der Waals surface area contributed by atoms with Crippen molar-refractivity contribution in [3.63, 3.8) is 0 Å². The largest absolute Gasteiger partial charge is 0.352 e. The van der Waals surface area contributed by atoms with Crippen LogP contribution in [0.5, 0.6) is 0 Å². The number of rotatable bonds is 7. The maximum absolute atomic E-state index is 13.1. The summed E-state index contributed by atoms with van der Waals surface area (Å²) >= 11 is 3.47. The van der Waals surface area contributed by atoms with Crippen LogP contribution in [0, 0.1) is 6.92 Å². The van der Waals surface area contributed by atoms with Crippen molar-refractivity contribution in [3.05, 3.63) is 69.7 Å². The van der Waals surface area contributed by atoms with E-state index in [0.717, 1.165) is 21.2 Å². The van der Waals surface area contributed by atoms with Crippen molar-refractivity contribution in [1.29, 1.82) is 0 Å². The molecular weight excluding hydrogens is 404 g/mol. The zero-order chi connectivity index (χ0) is 20.0. The molecule has 0 aromatic heterocycles. The van der Waals surface area contributed by atoms with Gasteiger partial charge in [-0.05, 0) is 51.0 Å². The number of aryl methyl sites for hydroxylation is 1. The predicted octanol–water partition coefficient (Wildman–Crippen LogP) is 4.24. The van der Waals surface area contributed by atoms with Crippen LogP contribution in [0.3, 0.4) is 0 Å². The van der Waals surface area contributed by atoms with Crippen LogP contribution in [0.25, 0.3) is 0 Å². The molecule has 1 atom stereocenters. The van der Waals surface area contributed by atoms with Gasteiger partial charge in [-0.25, -0.2) is 0 Å². The summed E-state index contributed by atoms with van der Waals surface area (Å²) in [5, 5.41) is 2.91. The van der Waals surface area contributed by atoms with E-state index < -0.39 is 6.04 Å². The number of carbonyl (C=O) groups excluding carboxylic acids is 2. The molecule has 0 fully saturated rings.